The van der Waals surface area contributed by atoms with Crippen LogP contribution >= 0.6 is 7.60 Å². The lowest BCUT2D eigenvalue weighted by Crippen LogP contribution is -2.48. The summed E-state index contributed by atoms with van der Waals surface area (Å²) >= 11 is 0. The fourth-order valence-corrected chi connectivity index (χ4v) is 6.52. The average Bonchev–Trinajstić information content (AvgIpc) is 3.06. The molecule has 1 unspecified atom stereocenters. The van der Waals surface area contributed by atoms with E-state index in [0.29, 0.717) is 12.8 Å². The summed E-state index contributed by atoms with van der Waals surface area (Å²) in [6, 6.07) is 36.9. The molecule has 0 fully saturated rings. The van der Waals surface area contributed by atoms with Crippen molar-refractivity contribution in [3.8, 4) is 0 Å². The summed E-state index contributed by atoms with van der Waals surface area (Å²) in [5.74, 6) is -0.990. The Morgan fingerprint density at radius 2 is 1.18 bits per heavy atom. The molecule has 1 amide bonds. The lowest BCUT2D eigenvalue weighted by atomic mass is 10.0. The minimum Gasteiger partial charge on any atom is -0.459 e. The molecule has 45 heavy (non-hydrogen) atoms. The summed E-state index contributed by atoms with van der Waals surface area (Å²) in [7, 11) is -3.82. The number of carbonyl (C=O) groups excluding carboxylic acids is 2. The molecule has 4 aromatic rings. The van der Waals surface area contributed by atoms with Crippen LogP contribution in [0.1, 0.15) is 42.5 Å². The third-order valence-electron chi connectivity index (χ3n) is 7.16. The number of ether oxygens (including phenoxy) is 1. The lowest BCUT2D eigenvalue weighted by molar-refractivity contribution is -0.150. The molecule has 0 saturated carbocycles. The molecule has 0 aromatic heterocycles. The fraction of sp³-hybridized carbons (Fsp3) is 0.297. The zero-order valence-electron chi connectivity index (χ0n) is 25.9. The fourth-order valence-electron chi connectivity index (χ4n) is 4.78. The standard InChI is InChI=1S/C37H42NO6P/c1-29(2)25-34(37(40)42-27-32-19-11-5-12-20-32)38-36(39)35(26-31-17-9-4-10-18-31)44-45(41,24-23-30-15-7-3-8-16-30)43-28-33-21-13-6-14-22-33/h3-22,29,34-35H,23-28H2,1-2H3,(H,38,39)/t34-,35-,45?/m0/s1. The first-order chi connectivity index (χ1) is 21.8. The number of hydrogen-bond acceptors (Lipinski definition) is 6. The Kier molecular flexibility index (Phi) is 13.1. The van der Waals surface area contributed by atoms with Crippen LogP contribution in [0.5, 0.6) is 0 Å². The highest BCUT2D eigenvalue weighted by Gasteiger charge is 2.35. The van der Waals surface area contributed by atoms with Gasteiger partial charge in [-0.1, -0.05) is 135 Å². The maximum Gasteiger partial charge on any atom is 0.332 e. The van der Waals surface area contributed by atoms with Gasteiger partial charge in [0.1, 0.15) is 18.8 Å². The summed E-state index contributed by atoms with van der Waals surface area (Å²) in [5.41, 5.74) is 3.48. The van der Waals surface area contributed by atoms with Gasteiger partial charge in [-0.05, 0) is 41.0 Å². The van der Waals surface area contributed by atoms with Crippen LogP contribution in [-0.2, 0) is 54.0 Å². The minimum atomic E-state index is -3.82. The van der Waals surface area contributed by atoms with E-state index in [4.69, 9.17) is 13.8 Å². The maximum atomic E-state index is 14.4. The average molecular weight is 628 g/mol. The number of esters is 1. The van der Waals surface area contributed by atoms with Crippen molar-refractivity contribution in [2.75, 3.05) is 6.16 Å². The van der Waals surface area contributed by atoms with Gasteiger partial charge in [0.2, 0.25) is 0 Å². The van der Waals surface area contributed by atoms with Gasteiger partial charge in [-0.3, -0.25) is 13.9 Å². The first kappa shape index (κ1) is 33.9. The van der Waals surface area contributed by atoms with Gasteiger partial charge in [0.05, 0.1) is 12.8 Å². The number of amides is 1. The molecule has 8 heteroatoms. The Labute approximate surface area is 266 Å². The topological polar surface area (TPSA) is 90.9 Å². The molecule has 0 spiro atoms. The molecule has 4 rings (SSSR count). The maximum absolute atomic E-state index is 14.4. The second kappa shape index (κ2) is 17.5. The molecular weight excluding hydrogens is 585 g/mol. The number of hydrogen-bond donors (Lipinski definition) is 1. The van der Waals surface area contributed by atoms with E-state index in [1.165, 1.54) is 0 Å². The van der Waals surface area contributed by atoms with Gasteiger partial charge >= 0.3 is 13.6 Å². The first-order valence-corrected chi connectivity index (χ1v) is 17.1. The summed E-state index contributed by atoms with van der Waals surface area (Å²) < 4.78 is 32.3. The van der Waals surface area contributed by atoms with E-state index in [2.05, 4.69) is 5.32 Å². The van der Waals surface area contributed by atoms with Crippen molar-refractivity contribution < 1.29 is 27.9 Å². The Balaban J connectivity index is 1.55. The molecule has 7 nitrogen and oxygen atoms in total. The molecule has 0 aliphatic heterocycles. The summed E-state index contributed by atoms with van der Waals surface area (Å²) in [5, 5.41) is 2.86. The van der Waals surface area contributed by atoms with E-state index < -0.39 is 31.6 Å². The predicted octanol–water partition coefficient (Wildman–Crippen LogP) is 7.54. The SMILES string of the molecule is CC(C)C[C@H](NC(=O)[C@H](Cc1ccccc1)OP(=O)(CCc1ccccc1)OCc1ccccc1)C(=O)OCc1ccccc1. The van der Waals surface area contributed by atoms with Gasteiger partial charge in [-0.25, -0.2) is 4.79 Å². The largest absolute Gasteiger partial charge is 0.459 e. The molecule has 3 atom stereocenters. The summed E-state index contributed by atoms with van der Waals surface area (Å²) in [6.07, 6.45) is -0.148. The van der Waals surface area contributed by atoms with Gasteiger partial charge in [-0.15, -0.1) is 0 Å². The van der Waals surface area contributed by atoms with Crippen LogP contribution in [0.3, 0.4) is 0 Å². The van der Waals surface area contributed by atoms with Crippen LogP contribution < -0.4 is 5.32 Å². The molecule has 0 heterocycles. The number of benzene rings is 4. The van der Waals surface area contributed by atoms with E-state index in [9.17, 15) is 14.2 Å². The number of carbonyl (C=O) groups is 2. The highest BCUT2D eigenvalue weighted by molar-refractivity contribution is 7.53. The first-order valence-electron chi connectivity index (χ1n) is 15.3. The van der Waals surface area contributed by atoms with Crippen LogP contribution in [0.4, 0.5) is 0 Å². The van der Waals surface area contributed by atoms with E-state index in [0.717, 1.165) is 22.3 Å². The van der Waals surface area contributed by atoms with Crippen LogP contribution in [0, 0.1) is 5.92 Å². The Bertz CT molecular complexity index is 1450. The van der Waals surface area contributed by atoms with Gasteiger partial charge in [0.15, 0.2) is 0 Å². The molecule has 4 aromatic carbocycles. The molecule has 0 radical (unpaired) electrons. The zero-order chi connectivity index (χ0) is 31.9. The zero-order valence-corrected chi connectivity index (χ0v) is 26.8. The van der Waals surface area contributed by atoms with Crippen molar-refractivity contribution >= 4 is 19.5 Å². The van der Waals surface area contributed by atoms with E-state index in [1.54, 1.807) is 0 Å². The monoisotopic (exact) mass is 627 g/mol. The molecule has 0 bridgehead atoms. The van der Waals surface area contributed by atoms with Crippen molar-refractivity contribution in [1.82, 2.24) is 5.32 Å². The number of aryl methyl sites for hydroxylation is 1. The van der Waals surface area contributed by atoms with Crippen molar-refractivity contribution in [3.63, 3.8) is 0 Å². The van der Waals surface area contributed by atoms with Crippen LogP contribution in [-0.4, -0.2) is 30.2 Å². The molecular formula is C37H42NO6P. The highest BCUT2D eigenvalue weighted by Crippen LogP contribution is 2.51. The quantitative estimate of drug-likeness (QED) is 0.0961. The normalized spacial score (nSPS) is 13.8. The third-order valence-corrected chi connectivity index (χ3v) is 9.03. The smallest absolute Gasteiger partial charge is 0.332 e. The van der Waals surface area contributed by atoms with E-state index in [1.807, 2.05) is 135 Å². The third kappa shape index (κ3) is 11.8. The molecule has 1 N–H and O–H groups in total. The second-order valence-corrected chi connectivity index (χ2v) is 13.5. The van der Waals surface area contributed by atoms with Crippen molar-refractivity contribution in [2.24, 2.45) is 5.92 Å². The molecule has 0 saturated heterocycles. The molecule has 236 valence electrons. The van der Waals surface area contributed by atoms with Crippen LogP contribution in [0.2, 0.25) is 0 Å². The Morgan fingerprint density at radius 3 is 1.71 bits per heavy atom. The Morgan fingerprint density at radius 1 is 0.689 bits per heavy atom. The predicted molar refractivity (Wildman–Crippen MR) is 176 cm³/mol. The molecule has 0 aliphatic rings. The number of rotatable bonds is 17. The van der Waals surface area contributed by atoms with Gasteiger partial charge in [0.25, 0.3) is 5.91 Å². The Hall–Kier alpha value is -4.03. The minimum absolute atomic E-state index is 0.0639. The number of nitrogens with one attached hydrogen (secondary N) is 1. The second-order valence-electron chi connectivity index (χ2n) is 11.4. The summed E-state index contributed by atoms with van der Waals surface area (Å²) in [6.45, 7) is 4.10. The van der Waals surface area contributed by atoms with Gasteiger partial charge in [0, 0.05) is 6.42 Å². The van der Waals surface area contributed by atoms with E-state index >= 15 is 0 Å². The van der Waals surface area contributed by atoms with Crippen LogP contribution in [0.25, 0.3) is 0 Å². The van der Waals surface area contributed by atoms with Crippen LogP contribution in [0.15, 0.2) is 121 Å². The van der Waals surface area contributed by atoms with E-state index in [-0.39, 0.29) is 31.7 Å². The van der Waals surface area contributed by atoms with Crippen molar-refractivity contribution in [1.29, 1.82) is 0 Å². The summed E-state index contributed by atoms with van der Waals surface area (Å²) in [4.78, 5) is 27.1. The van der Waals surface area contributed by atoms with Crippen molar-refractivity contribution in [2.45, 2.75) is 58.5 Å². The van der Waals surface area contributed by atoms with Crippen molar-refractivity contribution in [3.05, 3.63) is 144 Å². The highest BCUT2D eigenvalue weighted by atomic mass is 31.2. The lowest BCUT2D eigenvalue weighted by Gasteiger charge is -2.27. The van der Waals surface area contributed by atoms with Gasteiger partial charge in [-0.2, -0.15) is 0 Å². The van der Waals surface area contributed by atoms with Gasteiger partial charge < -0.3 is 14.6 Å². The molecule has 0 aliphatic carbocycles.